The molecule has 0 amide bonds. The van der Waals surface area contributed by atoms with Crippen LogP contribution in [0.3, 0.4) is 0 Å². The van der Waals surface area contributed by atoms with Crippen molar-refractivity contribution in [1.29, 1.82) is 0 Å². The van der Waals surface area contributed by atoms with E-state index < -0.39 is 0 Å². The van der Waals surface area contributed by atoms with Crippen LogP contribution in [-0.2, 0) is 0 Å². The molecule has 0 aromatic carbocycles. The molecule has 15 heavy (non-hydrogen) atoms. The van der Waals surface area contributed by atoms with Crippen molar-refractivity contribution in [2.75, 3.05) is 0 Å². The minimum atomic E-state index is 0.767. The van der Waals surface area contributed by atoms with Crippen molar-refractivity contribution < 1.29 is 0 Å². The lowest BCUT2D eigenvalue weighted by atomic mass is 9.77. The summed E-state index contributed by atoms with van der Waals surface area (Å²) in [6.07, 6.45) is 11.6. The number of hydrogen-bond acceptors (Lipinski definition) is 2. The van der Waals surface area contributed by atoms with Gasteiger partial charge in [0.15, 0.2) is 0 Å². The van der Waals surface area contributed by atoms with E-state index in [2.05, 4.69) is 22.4 Å². The fourth-order valence-electron chi connectivity index (χ4n) is 3.27. The SMILES string of the molecule is C1=CC2=C3N=NC=C3C3=C2C(C1)CCC3. The van der Waals surface area contributed by atoms with Crippen molar-refractivity contribution in [3.05, 3.63) is 46.3 Å². The van der Waals surface area contributed by atoms with Crippen LogP contribution in [0, 0.1) is 5.92 Å². The molecule has 74 valence electrons. The summed E-state index contributed by atoms with van der Waals surface area (Å²) in [5, 5.41) is 8.30. The Balaban J connectivity index is 2.02. The Morgan fingerprint density at radius 2 is 2.33 bits per heavy atom. The van der Waals surface area contributed by atoms with Gasteiger partial charge in [0, 0.05) is 11.1 Å². The van der Waals surface area contributed by atoms with Gasteiger partial charge in [-0.3, -0.25) is 0 Å². The largest absolute Gasteiger partial charge is 0.158 e. The van der Waals surface area contributed by atoms with Gasteiger partial charge in [-0.05, 0) is 42.7 Å². The Hall–Kier alpha value is -1.44. The van der Waals surface area contributed by atoms with E-state index in [1.807, 2.05) is 6.20 Å². The van der Waals surface area contributed by atoms with E-state index >= 15 is 0 Å². The molecule has 0 radical (unpaired) electrons. The summed E-state index contributed by atoms with van der Waals surface area (Å²) in [5.74, 6) is 0.767. The molecule has 0 saturated heterocycles. The Morgan fingerprint density at radius 3 is 3.33 bits per heavy atom. The third-order valence-corrected chi connectivity index (χ3v) is 3.89. The molecule has 0 aromatic rings. The van der Waals surface area contributed by atoms with Crippen LogP contribution in [-0.4, -0.2) is 0 Å². The monoisotopic (exact) mass is 196 g/mol. The van der Waals surface area contributed by atoms with Crippen LogP contribution in [0.5, 0.6) is 0 Å². The quantitative estimate of drug-likeness (QED) is 0.565. The van der Waals surface area contributed by atoms with Gasteiger partial charge in [0.2, 0.25) is 0 Å². The van der Waals surface area contributed by atoms with E-state index in [-0.39, 0.29) is 0 Å². The number of fused-ring (bicyclic) bond motifs is 2. The average molecular weight is 196 g/mol. The zero-order valence-corrected chi connectivity index (χ0v) is 8.53. The molecular formula is C13H12N2. The molecule has 0 fully saturated rings. The van der Waals surface area contributed by atoms with Gasteiger partial charge in [0.25, 0.3) is 0 Å². The van der Waals surface area contributed by atoms with Crippen molar-refractivity contribution in [2.24, 2.45) is 16.1 Å². The standard InChI is InChI=1S/C13H12N2/c1-3-8-4-2-6-10-12(8)9(5-1)11-7-14-15-13(10)11/h2,6-8H,1,3-5H2. The molecule has 4 rings (SSSR count). The van der Waals surface area contributed by atoms with E-state index in [0.717, 1.165) is 11.6 Å². The van der Waals surface area contributed by atoms with E-state index in [9.17, 15) is 0 Å². The first-order valence-corrected chi connectivity index (χ1v) is 5.71. The number of azo groups is 1. The predicted molar refractivity (Wildman–Crippen MR) is 58.1 cm³/mol. The molecule has 1 heterocycles. The summed E-state index contributed by atoms with van der Waals surface area (Å²) in [5.41, 5.74) is 6.97. The van der Waals surface area contributed by atoms with Crippen LogP contribution in [0.2, 0.25) is 0 Å². The second-order valence-electron chi connectivity index (χ2n) is 4.64. The first-order chi connectivity index (χ1) is 7.45. The smallest absolute Gasteiger partial charge is 0.102 e. The molecule has 0 saturated carbocycles. The van der Waals surface area contributed by atoms with Gasteiger partial charge >= 0.3 is 0 Å². The number of allylic oxidation sites excluding steroid dienone is 5. The molecule has 0 bridgehead atoms. The summed E-state index contributed by atoms with van der Waals surface area (Å²) in [6.45, 7) is 0. The minimum absolute atomic E-state index is 0.767. The maximum Gasteiger partial charge on any atom is 0.102 e. The van der Waals surface area contributed by atoms with Crippen molar-refractivity contribution in [2.45, 2.75) is 25.7 Å². The van der Waals surface area contributed by atoms with Gasteiger partial charge in [-0.2, -0.15) is 5.11 Å². The lowest BCUT2D eigenvalue weighted by molar-refractivity contribution is 0.510. The molecule has 1 aliphatic heterocycles. The molecule has 2 nitrogen and oxygen atoms in total. The Bertz CT molecular complexity index is 501. The van der Waals surface area contributed by atoms with Gasteiger partial charge in [-0.1, -0.05) is 12.2 Å². The first-order valence-electron chi connectivity index (χ1n) is 5.71. The highest BCUT2D eigenvalue weighted by atomic mass is 15.1. The number of rotatable bonds is 0. The molecule has 1 unspecified atom stereocenters. The van der Waals surface area contributed by atoms with Crippen molar-refractivity contribution in [1.82, 2.24) is 0 Å². The van der Waals surface area contributed by atoms with Gasteiger partial charge < -0.3 is 0 Å². The highest BCUT2D eigenvalue weighted by Crippen LogP contribution is 2.51. The Labute approximate surface area is 88.8 Å². The van der Waals surface area contributed by atoms with E-state index in [1.54, 1.807) is 11.1 Å². The van der Waals surface area contributed by atoms with Crippen LogP contribution in [0.25, 0.3) is 0 Å². The molecule has 4 aliphatic rings. The maximum atomic E-state index is 4.26. The number of nitrogens with zero attached hydrogens (tertiary/aromatic N) is 2. The van der Waals surface area contributed by atoms with Gasteiger partial charge in [0.05, 0.1) is 6.20 Å². The van der Waals surface area contributed by atoms with E-state index in [1.165, 1.54) is 36.8 Å². The zero-order valence-electron chi connectivity index (χ0n) is 8.53. The lowest BCUT2D eigenvalue weighted by Crippen LogP contribution is -2.13. The van der Waals surface area contributed by atoms with Gasteiger partial charge in [-0.25, -0.2) is 0 Å². The second-order valence-corrected chi connectivity index (χ2v) is 4.64. The topological polar surface area (TPSA) is 24.7 Å². The summed E-state index contributed by atoms with van der Waals surface area (Å²) in [4.78, 5) is 0. The van der Waals surface area contributed by atoms with Crippen molar-refractivity contribution in [3.8, 4) is 0 Å². The van der Waals surface area contributed by atoms with Crippen molar-refractivity contribution >= 4 is 0 Å². The minimum Gasteiger partial charge on any atom is -0.158 e. The molecule has 0 aromatic heterocycles. The summed E-state index contributed by atoms with van der Waals surface area (Å²) < 4.78 is 0. The van der Waals surface area contributed by atoms with Gasteiger partial charge in [-0.15, -0.1) is 5.11 Å². The third-order valence-electron chi connectivity index (χ3n) is 3.89. The molecule has 0 N–H and O–H groups in total. The van der Waals surface area contributed by atoms with Crippen molar-refractivity contribution in [3.63, 3.8) is 0 Å². The average Bonchev–Trinajstić information content (AvgIpc) is 2.84. The fourth-order valence-corrected chi connectivity index (χ4v) is 3.27. The second kappa shape index (κ2) is 2.57. The summed E-state index contributed by atoms with van der Waals surface area (Å²) in [7, 11) is 0. The summed E-state index contributed by atoms with van der Waals surface area (Å²) >= 11 is 0. The predicted octanol–water partition coefficient (Wildman–Crippen LogP) is 3.66. The molecule has 3 aliphatic carbocycles. The Kier molecular flexibility index (Phi) is 1.34. The highest BCUT2D eigenvalue weighted by molar-refractivity contribution is 5.69. The van der Waals surface area contributed by atoms with E-state index in [0.29, 0.717) is 0 Å². The van der Waals surface area contributed by atoms with Crippen LogP contribution < -0.4 is 0 Å². The van der Waals surface area contributed by atoms with E-state index in [4.69, 9.17) is 0 Å². The molecule has 1 atom stereocenters. The molecule has 2 heteroatoms. The van der Waals surface area contributed by atoms with Crippen LogP contribution in [0.4, 0.5) is 0 Å². The lowest BCUT2D eigenvalue weighted by Gasteiger charge is -2.27. The van der Waals surface area contributed by atoms with Crippen LogP contribution in [0.15, 0.2) is 56.6 Å². The molecular weight excluding hydrogens is 184 g/mol. The zero-order chi connectivity index (χ0) is 9.83. The number of hydrogen-bond donors (Lipinski definition) is 0. The van der Waals surface area contributed by atoms with Crippen LogP contribution >= 0.6 is 0 Å². The fraction of sp³-hybridized carbons (Fsp3) is 0.385. The first kappa shape index (κ1) is 7.80. The summed E-state index contributed by atoms with van der Waals surface area (Å²) in [6, 6.07) is 0. The normalized spacial score (nSPS) is 30.9. The van der Waals surface area contributed by atoms with Gasteiger partial charge in [0.1, 0.15) is 5.70 Å². The molecule has 0 spiro atoms. The maximum absolute atomic E-state index is 4.26. The Morgan fingerprint density at radius 1 is 1.33 bits per heavy atom. The van der Waals surface area contributed by atoms with Crippen LogP contribution in [0.1, 0.15) is 25.7 Å². The highest BCUT2D eigenvalue weighted by Gasteiger charge is 2.37. The third kappa shape index (κ3) is 0.851.